The first-order valence-electron chi connectivity index (χ1n) is 7.23. The first-order chi connectivity index (χ1) is 10.2. The first kappa shape index (κ1) is 13.9. The summed E-state index contributed by atoms with van der Waals surface area (Å²) in [6.07, 6.45) is 0. The SMILES string of the molecule is Oc1cccc(F)c1N1CCN(Cc2ccccc2)CC1. The molecule has 0 amide bonds. The Morgan fingerprint density at radius 2 is 1.62 bits per heavy atom. The Balaban J connectivity index is 1.63. The molecule has 0 saturated carbocycles. The number of halogens is 1. The fourth-order valence-corrected chi connectivity index (χ4v) is 2.79. The lowest BCUT2D eigenvalue weighted by atomic mass is 10.2. The highest BCUT2D eigenvalue weighted by Gasteiger charge is 2.21. The van der Waals surface area contributed by atoms with E-state index in [1.807, 2.05) is 23.1 Å². The van der Waals surface area contributed by atoms with Gasteiger partial charge in [0.1, 0.15) is 17.3 Å². The van der Waals surface area contributed by atoms with Gasteiger partial charge in [0.05, 0.1) is 0 Å². The number of phenolic OH excluding ortho intramolecular Hbond substituents is 1. The van der Waals surface area contributed by atoms with Crippen molar-refractivity contribution >= 4 is 5.69 Å². The zero-order chi connectivity index (χ0) is 14.7. The Labute approximate surface area is 124 Å². The third-order valence-electron chi connectivity index (χ3n) is 3.90. The molecule has 0 unspecified atom stereocenters. The molecule has 1 aliphatic heterocycles. The van der Waals surface area contributed by atoms with Gasteiger partial charge in [-0.2, -0.15) is 0 Å². The maximum Gasteiger partial charge on any atom is 0.150 e. The summed E-state index contributed by atoms with van der Waals surface area (Å²) in [7, 11) is 0. The highest BCUT2D eigenvalue weighted by Crippen LogP contribution is 2.30. The molecule has 1 fully saturated rings. The molecule has 0 aliphatic carbocycles. The molecule has 21 heavy (non-hydrogen) atoms. The predicted octanol–water partition coefficient (Wildman–Crippen LogP) is 2.85. The largest absolute Gasteiger partial charge is 0.506 e. The predicted molar refractivity (Wildman–Crippen MR) is 82.0 cm³/mol. The first-order valence-corrected chi connectivity index (χ1v) is 7.23. The number of phenols is 1. The van der Waals surface area contributed by atoms with Gasteiger partial charge >= 0.3 is 0 Å². The van der Waals surface area contributed by atoms with Gasteiger partial charge in [-0.25, -0.2) is 4.39 Å². The number of hydrogen-bond donors (Lipinski definition) is 1. The van der Waals surface area contributed by atoms with E-state index in [1.165, 1.54) is 23.8 Å². The normalized spacial score (nSPS) is 16.1. The topological polar surface area (TPSA) is 26.7 Å². The van der Waals surface area contributed by atoms with Gasteiger partial charge in [-0.05, 0) is 17.7 Å². The van der Waals surface area contributed by atoms with Crippen LogP contribution in [0.3, 0.4) is 0 Å². The lowest BCUT2D eigenvalue weighted by molar-refractivity contribution is 0.248. The number of benzene rings is 2. The number of nitrogens with zero attached hydrogens (tertiary/aromatic N) is 2. The monoisotopic (exact) mass is 286 g/mol. The Kier molecular flexibility index (Phi) is 4.06. The van der Waals surface area contributed by atoms with Crippen LogP contribution in [0.1, 0.15) is 5.56 Å². The molecule has 0 aromatic heterocycles. The van der Waals surface area contributed by atoms with E-state index in [9.17, 15) is 9.50 Å². The maximum atomic E-state index is 13.9. The van der Waals surface area contributed by atoms with Crippen LogP contribution in [-0.2, 0) is 6.54 Å². The number of hydrogen-bond acceptors (Lipinski definition) is 3. The summed E-state index contributed by atoms with van der Waals surface area (Å²) in [5.74, 6) is -0.335. The zero-order valence-electron chi connectivity index (χ0n) is 11.9. The molecular formula is C17H19FN2O. The van der Waals surface area contributed by atoms with Crippen molar-refractivity contribution in [2.24, 2.45) is 0 Å². The van der Waals surface area contributed by atoms with E-state index in [-0.39, 0.29) is 11.6 Å². The highest BCUT2D eigenvalue weighted by molar-refractivity contribution is 5.59. The molecule has 3 nitrogen and oxygen atoms in total. The van der Waals surface area contributed by atoms with Crippen molar-refractivity contribution in [3.8, 4) is 5.75 Å². The Morgan fingerprint density at radius 1 is 0.905 bits per heavy atom. The number of aromatic hydroxyl groups is 1. The van der Waals surface area contributed by atoms with E-state index in [1.54, 1.807) is 0 Å². The second-order valence-electron chi connectivity index (χ2n) is 5.36. The van der Waals surface area contributed by atoms with Crippen LogP contribution in [-0.4, -0.2) is 36.2 Å². The summed E-state index contributed by atoms with van der Waals surface area (Å²) in [6.45, 7) is 4.09. The molecule has 2 aromatic rings. The molecule has 0 atom stereocenters. The molecule has 1 N–H and O–H groups in total. The molecule has 2 aromatic carbocycles. The summed E-state index contributed by atoms with van der Waals surface area (Å²) in [6, 6.07) is 14.8. The quantitative estimate of drug-likeness (QED) is 0.940. The van der Waals surface area contributed by atoms with Crippen LogP contribution in [0, 0.1) is 5.82 Å². The molecule has 3 rings (SSSR count). The van der Waals surface area contributed by atoms with Gasteiger partial charge in [0.25, 0.3) is 0 Å². The fraction of sp³-hybridized carbons (Fsp3) is 0.294. The van der Waals surface area contributed by atoms with Crippen LogP contribution < -0.4 is 4.90 Å². The van der Waals surface area contributed by atoms with Crippen molar-refractivity contribution in [1.29, 1.82) is 0 Å². The number of piperazine rings is 1. The van der Waals surface area contributed by atoms with Gasteiger partial charge in [0.2, 0.25) is 0 Å². The second kappa shape index (κ2) is 6.14. The zero-order valence-corrected chi connectivity index (χ0v) is 11.9. The van der Waals surface area contributed by atoms with Crippen molar-refractivity contribution in [3.05, 3.63) is 59.9 Å². The van der Waals surface area contributed by atoms with Crippen molar-refractivity contribution in [3.63, 3.8) is 0 Å². The number of para-hydroxylation sites is 1. The third kappa shape index (κ3) is 3.16. The van der Waals surface area contributed by atoms with Gasteiger partial charge < -0.3 is 10.0 Å². The Hall–Kier alpha value is -2.07. The molecule has 1 saturated heterocycles. The van der Waals surface area contributed by atoms with Gasteiger partial charge in [0, 0.05) is 32.7 Å². The van der Waals surface area contributed by atoms with Crippen molar-refractivity contribution in [2.45, 2.75) is 6.54 Å². The van der Waals surface area contributed by atoms with Crippen LogP contribution >= 0.6 is 0 Å². The third-order valence-corrected chi connectivity index (χ3v) is 3.90. The molecule has 4 heteroatoms. The van der Waals surface area contributed by atoms with E-state index in [2.05, 4.69) is 17.0 Å². The molecule has 0 spiro atoms. The van der Waals surface area contributed by atoms with Crippen LogP contribution in [0.4, 0.5) is 10.1 Å². The minimum Gasteiger partial charge on any atom is -0.506 e. The summed E-state index contributed by atoms with van der Waals surface area (Å²) in [5, 5.41) is 9.85. The molecule has 1 heterocycles. The lowest BCUT2D eigenvalue weighted by Crippen LogP contribution is -2.46. The van der Waals surface area contributed by atoms with E-state index >= 15 is 0 Å². The van der Waals surface area contributed by atoms with E-state index in [0.29, 0.717) is 5.69 Å². The minimum atomic E-state index is -0.355. The van der Waals surface area contributed by atoms with Crippen LogP contribution in [0.15, 0.2) is 48.5 Å². The van der Waals surface area contributed by atoms with Crippen molar-refractivity contribution in [1.82, 2.24) is 4.90 Å². The summed E-state index contributed by atoms with van der Waals surface area (Å²) < 4.78 is 13.9. The van der Waals surface area contributed by atoms with Crippen LogP contribution in [0.25, 0.3) is 0 Å². The highest BCUT2D eigenvalue weighted by atomic mass is 19.1. The van der Waals surface area contributed by atoms with Crippen molar-refractivity contribution in [2.75, 3.05) is 31.1 Å². The van der Waals surface area contributed by atoms with Gasteiger partial charge in [-0.3, -0.25) is 4.90 Å². The lowest BCUT2D eigenvalue weighted by Gasteiger charge is -2.36. The molecule has 110 valence electrons. The smallest absolute Gasteiger partial charge is 0.150 e. The van der Waals surface area contributed by atoms with E-state index < -0.39 is 0 Å². The summed E-state index contributed by atoms with van der Waals surface area (Å²) in [4.78, 5) is 4.27. The summed E-state index contributed by atoms with van der Waals surface area (Å²) in [5.41, 5.74) is 1.62. The molecular weight excluding hydrogens is 267 g/mol. The van der Waals surface area contributed by atoms with Crippen LogP contribution in [0.2, 0.25) is 0 Å². The number of rotatable bonds is 3. The van der Waals surface area contributed by atoms with Gasteiger partial charge in [0.15, 0.2) is 0 Å². The van der Waals surface area contributed by atoms with Gasteiger partial charge in [-0.1, -0.05) is 36.4 Å². The molecule has 0 bridgehead atoms. The van der Waals surface area contributed by atoms with Gasteiger partial charge in [-0.15, -0.1) is 0 Å². The standard InChI is InChI=1S/C17H19FN2O/c18-15-7-4-8-16(21)17(15)20-11-9-19(10-12-20)13-14-5-2-1-3-6-14/h1-8,21H,9-13H2. The average Bonchev–Trinajstić information content (AvgIpc) is 2.50. The maximum absolute atomic E-state index is 13.9. The number of anilines is 1. The molecule has 0 radical (unpaired) electrons. The van der Waals surface area contributed by atoms with Crippen molar-refractivity contribution < 1.29 is 9.50 Å². The van der Waals surface area contributed by atoms with E-state index in [0.717, 1.165) is 32.7 Å². The Bertz CT molecular complexity index is 575. The Morgan fingerprint density at radius 3 is 2.29 bits per heavy atom. The second-order valence-corrected chi connectivity index (χ2v) is 5.36. The summed E-state index contributed by atoms with van der Waals surface area (Å²) >= 11 is 0. The average molecular weight is 286 g/mol. The minimum absolute atomic E-state index is 0.0199. The molecule has 1 aliphatic rings. The van der Waals surface area contributed by atoms with E-state index in [4.69, 9.17) is 0 Å². The van der Waals surface area contributed by atoms with Crippen LogP contribution in [0.5, 0.6) is 5.75 Å². The fourth-order valence-electron chi connectivity index (χ4n) is 2.79.